The Bertz CT molecular complexity index is 761. The van der Waals surface area contributed by atoms with Crippen LogP contribution in [0.5, 0.6) is 0 Å². The Morgan fingerprint density at radius 1 is 1.20 bits per heavy atom. The summed E-state index contributed by atoms with van der Waals surface area (Å²) in [7, 11) is 0. The van der Waals surface area contributed by atoms with Gasteiger partial charge in [0.15, 0.2) is 0 Å². The van der Waals surface area contributed by atoms with Crippen LogP contribution in [0.4, 0.5) is 0 Å². The maximum atomic E-state index is 12.3. The monoisotopic (exact) mass is 339 g/mol. The van der Waals surface area contributed by atoms with Crippen LogP contribution in [0, 0.1) is 5.92 Å². The second-order valence-electron chi connectivity index (χ2n) is 6.17. The van der Waals surface area contributed by atoms with E-state index in [1.54, 1.807) is 17.2 Å². The molecular weight excluding hydrogens is 318 g/mol. The predicted molar refractivity (Wildman–Crippen MR) is 93.5 cm³/mol. The van der Waals surface area contributed by atoms with Gasteiger partial charge in [-0.1, -0.05) is 18.2 Å². The number of amides is 2. The third kappa shape index (κ3) is 4.53. The van der Waals surface area contributed by atoms with E-state index >= 15 is 0 Å². The summed E-state index contributed by atoms with van der Waals surface area (Å²) in [6.45, 7) is 1.30. The van der Waals surface area contributed by atoms with E-state index in [-0.39, 0.29) is 17.7 Å². The van der Waals surface area contributed by atoms with Crippen molar-refractivity contribution in [2.75, 3.05) is 13.1 Å². The second-order valence-corrected chi connectivity index (χ2v) is 6.17. The molecule has 1 saturated heterocycles. The Kier molecular flexibility index (Phi) is 5.23. The molecule has 2 aromatic rings. The third-order valence-corrected chi connectivity index (χ3v) is 4.31. The molecule has 2 amide bonds. The van der Waals surface area contributed by atoms with Crippen LogP contribution in [0.2, 0.25) is 0 Å². The van der Waals surface area contributed by atoms with Crippen molar-refractivity contribution in [3.8, 4) is 5.69 Å². The van der Waals surface area contributed by atoms with Gasteiger partial charge >= 0.3 is 0 Å². The highest BCUT2D eigenvalue weighted by molar-refractivity contribution is 5.91. The van der Waals surface area contributed by atoms with Gasteiger partial charge < -0.3 is 10.6 Å². The quantitative estimate of drug-likeness (QED) is 0.833. The first kappa shape index (κ1) is 16.9. The van der Waals surface area contributed by atoms with Crippen molar-refractivity contribution >= 4 is 17.9 Å². The number of nitrogens with zero attached hydrogens (tertiary/aromatic N) is 4. The lowest BCUT2D eigenvalue weighted by atomic mass is 9.93. The normalized spacial score (nSPS) is 15.6. The lowest BCUT2D eigenvalue weighted by Gasteiger charge is -2.30. The number of piperidine rings is 1. The number of likely N-dealkylation sites (tertiary alicyclic amines) is 1. The minimum Gasteiger partial charge on any atom is -0.370 e. The second kappa shape index (κ2) is 7.74. The number of hydrogen-bond donors (Lipinski definition) is 1. The molecule has 0 bridgehead atoms. The molecule has 7 heteroatoms. The zero-order chi connectivity index (χ0) is 17.6. The fourth-order valence-corrected chi connectivity index (χ4v) is 2.94. The van der Waals surface area contributed by atoms with E-state index in [9.17, 15) is 9.59 Å². The molecule has 25 heavy (non-hydrogen) atoms. The maximum absolute atomic E-state index is 12.3. The number of benzene rings is 1. The molecule has 3 rings (SSSR count). The standard InChI is InChI=1S/C18H21N5O2/c19-17(24)12-14-8-10-22(11-9-14)18(25)7-6-15-13-20-23(21-15)16-4-2-1-3-5-16/h1-7,13-14H,8-12H2,(H2,19,24)/b7-6-. The molecule has 1 aromatic heterocycles. The number of rotatable bonds is 5. The van der Waals surface area contributed by atoms with Crippen molar-refractivity contribution < 1.29 is 9.59 Å². The van der Waals surface area contributed by atoms with Gasteiger partial charge in [0, 0.05) is 25.6 Å². The van der Waals surface area contributed by atoms with E-state index < -0.39 is 0 Å². The summed E-state index contributed by atoms with van der Waals surface area (Å²) in [6, 6.07) is 9.59. The van der Waals surface area contributed by atoms with Crippen molar-refractivity contribution in [2.45, 2.75) is 19.3 Å². The third-order valence-electron chi connectivity index (χ3n) is 4.31. The Morgan fingerprint density at radius 3 is 2.60 bits per heavy atom. The van der Waals surface area contributed by atoms with Gasteiger partial charge in [-0.05, 0) is 37.0 Å². The summed E-state index contributed by atoms with van der Waals surface area (Å²) in [5, 5.41) is 8.54. The first-order chi connectivity index (χ1) is 12.1. The van der Waals surface area contributed by atoms with Gasteiger partial charge in [0.05, 0.1) is 11.9 Å². The van der Waals surface area contributed by atoms with E-state index in [0.717, 1.165) is 18.5 Å². The fraction of sp³-hybridized carbons (Fsp3) is 0.333. The van der Waals surface area contributed by atoms with Crippen LogP contribution in [0.1, 0.15) is 25.0 Å². The minimum atomic E-state index is -0.272. The molecule has 7 nitrogen and oxygen atoms in total. The molecule has 0 spiro atoms. The number of carbonyl (C=O) groups excluding carboxylic acids is 2. The smallest absolute Gasteiger partial charge is 0.246 e. The topological polar surface area (TPSA) is 94.1 Å². The van der Waals surface area contributed by atoms with Gasteiger partial charge in [0.2, 0.25) is 11.8 Å². The summed E-state index contributed by atoms with van der Waals surface area (Å²) in [5.41, 5.74) is 6.72. The molecule has 0 unspecified atom stereocenters. The van der Waals surface area contributed by atoms with E-state index in [2.05, 4.69) is 10.2 Å². The summed E-state index contributed by atoms with van der Waals surface area (Å²) >= 11 is 0. The number of para-hydroxylation sites is 1. The van der Waals surface area contributed by atoms with Crippen molar-refractivity contribution in [1.82, 2.24) is 19.9 Å². The van der Waals surface area contributed by atoms with E-state index in [0.29, 0.717) is 25.2 Å². The molecule has 0 saturated carbocycles. The highest BCUT2D eigenvalue weighted by Crippen LogP contribution is 2.20. The first-order valence-corrected chi connectivity index (χ1v) is 8.35. The maximum Gasteiger partial charge on any atom is 0.246 e. The van der Waals surface area contributed by atoms with Gasteiger partial charge in [0.25, 0.3) is 0 Å². The van der Waals surface area contributed by atoms with Crippen molar-refractivity contribution in [1.29, 1.82) is 0 Å². The minimum absolute atomic E-state index is 0.0493. The Hall–Kier alpha value is -2.96. The van der Waals surface area contributed by atoms with Crippen LogP contribution in [-0.2, 0) is 9.59 Å². The number of nitrogens with two attached hydrogens (primary N) is 1. The van der Waals surface area contributed by atoms with Crippen LogP contribution in [0.25, 0.3) is 11.8 Å². The molecule has 0 atom stereocenters. The first-order valence-electron chi connectivity index (χ1n) is 8.35. The Balaban J connectivity index is 1.55. The largest absolute Gasteiger partial charge is 0.370 e. The summed E-state index contributed by atoms with van der Waals surface area (Å²) < 4.78 is 0. The highest BCUT2D eigenvalue weighted by Gasteiger charge is 2.22. The molecule has 2 heterocycles. The number of aromatic nitrogens is 3. The summed E-state index contributed by atoms with van der Waals surface area (Å²) in [6.07, 6.45) is 6.84. The van der Waals surface area contributed by atoms with Gasteiger partial charge in [-0.25, -0.2) is 0 Å². The molecule has 2 N–H and O–H groups in total. The molecule has 1 aliphatic rings. The predicted octanol–water partition coefficient (Wildman–Crippen LogP) is 1.39. The number of primary amides is 1. The lowest BCUT2D eigenvalue weighted by molar-refractivity contribution is -0.127. The average Bonchev–Trinajstić information content (AvgIpc) is 3.10. The van der Waals surface area contributed by atoms with Crippen LogP contribution < -0.4 is 5.73 Å². The highest BCUT2D eigenvalue weighted by atomic mass is 16.2. The van der Waals surface area contributed by atoms with E-state index in [4.69, 9.17) is 5.73 Å². The van der Waals surface area contributed by atoms with Crippen molar-refractivity contribution in [3.63, 3.8) is 0 Å². The number of carbonyl (C=O) groups is 2. The SMILES string of the molecule is NC(=O)CC1CCN(C(=O)/C=C\c2cnn(-c3ccccc3)n2)CC1. The molecule has 1 fully saturated rings. The van der Waals surface area contributed by atoms with Crippen LogP contribution in [0.3, 0.4) is 0 Å². The van der Waals surface area contributed by atoms with Crippen LogP contribution in [0.15, 0.2) is 42.6 Å². The van der Waals surface area contributed by atoms with Gasteiger partial charge in [-0.15, -0.1) is 5.10 Å². The van der Waals surface area contributed by atoms with Gasteiger partial charge in [0.1, 0.15) is 5.69 Å². The van der Waals surface area contributed by atoms with Crippen molar-refractivity contribution in [2.24, 2.45) is 11.7 Å². The van der Waals surface area contributed by atoms with Crippen LogP contribution in [-0.4, -0.2) is 44.8 Å². The van der Waals surface area contributed by atoms with Crippen molar-refractivity contribution in [3.05, 3.63) is 48.3 Å². The summed E-state index contributed by atoms with van der Waals surface area (Å²) in [5.74, 6) is -0.0331. The van der Waals surface area contributed by atoms with E-state index in [1.807, 2.05) is 30.3 Å². The molecule has 0 aliphatic carbocycles. The van der Waals surface area contributed by atoms with Crippen LogP contribution >= 0.6 is 0 Å². The van der Waals surface area contributed by atoms with Gasteiger partial charge in [-0.2, -0.15) is 9.90 Å². The van der Waals surface area contributed by atoms with E-state index in [1.165, 1.54) is 10.9 Å². The molecule has 1 aromatic carbocycles. The Labute approximate surface area is 146 Å². The average molecular weight is 339 g/mol. The fourth-order valence-electron chi connectivity index (χ4n) is 2.94. The number of hydrogen-bond acceptors (Lipinski definition) is 4. The zero-order valence-electron chi connectivity index (χ0n) is 13.9. The molecule has 1 aliphatic heterocycles. The molecule has 130 valence electrons. The summed E-state index contributed by atoms with van der Waals surface area (Å²) in [4.78, 5) is 26.5. The zero-order valence-corrected chi connectivity index (χ0v) is 13.9. The molecule has 0 radical (unpaired) electrons. The lowest BCUT2D eigenvalue weighted by Crippen LogP contribution is -2.38. The molecular formula is C18H21N5O2. The Morgan fingerprint density at radius 2 is 1.92 bits per heavy atom. The van der Waals surface area contributed by atoms with Gasteiger partial charge in [-0.3, -0.25) is 9.59 Å².